The van der Waals surface area contributed by atoms with Crippen molar-refractivity contribution >= 4 is 23.2 Å². The van der Waals surface area contributed by atoms with Gasteiger partial charge in [-0.2, -0.15) is 0 Å². The molecule has 0 saturated carbocycles. The molecule has 3 rings (SSSR count). The molecule has 0 aliphatic rings. The number of methoxy groups -OCH3 is 2. The first-order valence-corrected chi connectivity index (χ1v) is 7.74. The standard InChI is InChI=1S/C18H15ClN2O4/c1-23-13-6-3-11(4-7-13)17-14(10-20-25-17)18(22)21-12-5-8-16(24-2)15(19)9-12/h3-10H,1-2H3,(H,21,22). The molecular formula is C18H15ClN2O4. The lowest BCUT2D eigenvalue weighted by atomic mass is 10.1. The summed E-state index contributed by atoms with van der Waals surface area (Å²) in [5.74, 6) is 1.26. The number of halogens is 1. The summed E-state index contributed by atoms with van der Waals surface area (Å²) in [6.45, 7) is 0. The summed E-state index contributed by atoms with van der Waals surface area (Å²) in [7, 11) is 3.11. The molecule has 0 spiro atoms. The van der Waals surface area contributed by atoms with Gasteiger partial charge in [0.05, 0.1) is 25.4 Å². The number of carbonyl (C=O) groups is 1. The fourth-order valence-corrected chi connectivity index (χ4v) is 2.55. The second-order valence-electron chi connectivity index (χ2n) is 5.10. The molecule has 0 radical (unpaired) electrons. The molecule has 25 heavy (non-hydrogen) atoms. The molecule has 1 N–H and O–H groups in total. The van der Waals surface area contributed by atoms with Crippen molar-refractivity contribution in [1.29, 1.82) is 0 Å². The van der Waals surface area contributed by atoms with Crippen molar-refractivity contribution in [3.05, 3.63) is 59.2 Å². The van der Waals surface area contributed by atoms with E-state index in [4.69, 9.17) is 25.6 Å². The fourth-order valence-electron chi connectivity index (χ4n) is 2.29. The number of rotatable bonds is 5. The zero-order valence-corrected chi connectivity index (χ0v) is 14.3. The van der Waals surface area contributed by atoms with Gasteiger partial charge in [-0.15, -0.1) is 0 Å². The number of aromatic nitrogens is 1. The summed E-state index contributed by atoms with van der Waals surface area (Å²) in [4.78, 5) is 12.5. The maximum Gasteiger partial charge on any atom is 0.261 e. The minimum absolute atomic E-state index is 0.317. The van der Waals surface area contributed by atoms with Gasteiger partial charge in [-0.1, -0.05) is 16.8 Å². The molecular weight excluding hydrogens is 344 g/mol. The third kappa shape index (κ3) is 3.59. The van der Waals surface area contributed by atoms with Crippen LogP contribution in [0, 0.1) is 0 Å². The molecule has 0 atom stereocenters. The van der Waals surface area contributed by atoms with Crippen molar-refractivity contribution in [2.24, 2.45) is 0 Å². The van der Waals surface area contributed by atoms with E-state index >= 15 is 0 Å². The zero-order valence-electron chi connectivity index (χ0n) is 13.6. The highest BCUT2D eigenvalue weighted by Gasteiger charge is 2.18. The lowest BCUT2D eigenvalue weighted by Gasteiger charge is -2.08. The first-order chi connectivity index (χ1) is 12.1. The topological polar surface area (TPSA) is 73.6 Å². The van der Waals surface area contributed by atoms with Gasteiger partial charge in [0.15, 0.2) is 5.76 Å². The van der Waals surface area contributed by atoms with Crippen LogP contribution in [0.5, 0.6) is 11.5 Å². The van der Waals surface area contributed by atoms with Crippen molar-refractivity contribution in [2.75, 3.05) is 19.5 Å². The van der Waals surface area contributed by atoms with Crippen LogP contribution in [0.15, 0.2) is 53.2 Å². The molecule has 128 valence electrons. The van der Waals surface area contributed by atoms with Crippen molar-refractivity contribution in [3.63, 3.8) is 0 Å². The molecule has 0 unspecified atom stereocenters. The average Bonchev–Trinajstić information content (AvgIpc) is 3.12. The van der Waals surface area contributed by atoms with Crippen molar-refractivity contribution in [2.45, 2.75) is 0 Å². The summed E-state index contributed by atoms with van der Waals surface area (Å²) in [6, 6.07) is 12.1. The van der Waals surface area contributed by atoms with Gasteiger partial charge in [-0.25, -0.2) is 0 Å². The van der Waals surface area contributed by atoms with Gasteiger partial charge in [0, 0.05) is 11.3 Å². The normalized spacial score (nSPS) is 10.4. The summed E-state index contributed by atoms with van der Waals surface area (Å²) >= 11 is 6.07. The number of anilines is 1. The maximum absolute atomic E-state index is 12.5. The van der Waals surface area contributed by atoms with Crippen LogP contribution in [-0.4, -0.2) is 25.3 Å². The Morgan fingerprint density at radius 2 is 1.88 bits per heavy atom. The van der Waals surface area contributed by atoms with Crippen LogP contribution in [0.3, 0.4) is 0 Å². The molecule has 3 aromatic rings. The smallest absolute Gasteiger partial charge is 0.261 e. The molecule has 6 nitrogen and oxygen atoms in total. The zero-order chi connectivity index (χ0) is 17.8. The lowest BCUT2D eigenvalue weighted by molar-refractivity contribution is 0.102. The van der Waals surface area contributed by atoms with Crippen LogP contribution < -0.4 is 14.8 Å². The van der Waals surface area contributed by atoms with Crippen molar-refractivity contribution < 1.29 is 18.8 Å². The van der Waals surface area contributed by atoms with Gasteiger partial charge in [0.25, 0.3) is 5.91 Å². The lowest BCUT2D eigenvalue weighted by Crippen LogP contribution is -2.12. The predicted octanol–water partition coefficient (Wildman–Crippen LogP) is 4.26. The molecule has 0 saturated heterocycles. The van der Waals surface area contributed by atoms with Gasteiger partial charge < -0.3 is 19.3 Å². The van der Waals surface area contributed by atoms with E-state index in [1.807, 2.05) is 0 Å². The number of benzene rings is 2. The van der Waals surface area contributed by atoms with Gasteiger partial charge in [-0.05, 0) is 42.5 Å². The Morgan fingerprint density at radius 1 is 1.12 bits per heavy atom. The number of hydrogen-bond acceptors (Lipinski definition) is 5. The quantitative estimate of drug-likeness (QED) is 0.737. The van der Waals surface area contributed by atoms with E-state index < -0.39 is 0 Å². The third-order valence-corrected chi connectivity index (χ3v) is 3.87. The van der Waals surface area contributed by atoms with E-state index in [1.165, 1.54) is 13.3 Å². The van der Waals surface area contributed by atoms with E-state index in [2.05, 4.69) is 10.5 Å². The van der Waals surface area contributed by atoms with Crippen LogP contribution in [0.2, 0.25) is 5.02 Å². The van der Waals surface area contributed by atoms with E-state index in [0.717, 1.165) is 5.56 Å². The van der Waals surface area contributed by atoms with Crippen LogP contribution >= 0.6 is 11.6 Å². The monoisotopic (exact) mass is 358 g/mol. The van der Waals surface area contributed by atoms with Crippen molar-refractivity contribution in [3.8, 4) is 22.8 Å². The van der Waals surface area contributed by atoms with E-state index in [-0.39, 0.29) is 5.91 Å². The largest absolute Gasteiger partial charge is 0.497 e. The first-order valence-electron chi connectivity index (χ1n) is 7.36. The van der Waals surface area contributed by atoms with Gasteiger partial charge in [0.2, 0.25) is 0 Å². The Hall–Kier alpha value is -2.99. The molecule has 1 aromatic heterocycles. The average molecular weight is 359 g/mol. The highest BCUT2D eigenvalue weighted by molar-refractivity contribution is 6.32. The van der Waals surface area contributed by atoms with Crippen LogP contribution in [0.25, 0.3) is 11.3 Å². The second kappa shape index (κ2) is 7.27. The maximum atomic E-state index is 12.5. The van der Waals surface area contributed by atoms with E-state index in [9.17, 15) is 4.79 Å². The molecule has 1 amide bonds. The summed E-state index contributed by atoms with van der Waals surface area (Å²) in [5, 5.41) is 6.90. The summed E-state index contributed by atoms with van der Waals surface area (Å²) in [6.07, 6.45) is 1.38. The molecule has 0 bridgehead atoms. The number of nitrogens with zero attached hydrogens (tertiary/aromatic N) is 1. The Kier molecular flexibility index (Phi) is 4.90. The van der Waals surface area contributed by atoms with Gasteiger partial charge in [-0.3, -0.25) is 4.79 Å². The summed E-state index contributed by atoms with van der Waals surface area (Å²) < 4.78 is 15.5. The minimum atomic E-state index is -0.353. The molecule has 1 heterocycles. The summed E-state index contributed by atoms with van der Waals surface area (Å²) in [5.41, 5.74) is 1.58. The van der Waals surface area contributed by atoms with Crippen molar-refractivity contribution in [1.82, 2.24) is 5.16 Å². The minimum Gasteiger partial charge on any atom is -0.497 e. The number of nitrogens with one attached hydrogen (secondary N) is 1. The Labute approximate surface area is 149 Å². The Bertz CT molecular complexity index is 890. The predicted molar refractivity (Wildman–Crippen MR) is 94.4 cm³/mol. The number of hydrogen-bond donors (Lipinski definition) is 1. The Morgan fingerprint density at radius 3 is 2.52 bits per heavy atom. The molecule has 0 fully saturated rings. The SMILES string of the molecule is COc1ccc(-c2oncc2C(=O)Nc2ccc(OC)c(Cl)c2)cc1. The first kappa shape index (κ1) is 16.9. The number of ether oxygens (including phenoxy) is 2. The highest BCUT2D eigenvalue weighted by Crippen LogP contribution is 2.29. The molecule has 2 aromatic carbocycles. The Balaban J connectivity index is 1.83. The van der Waals surface area contributed by atoms with E-state index in [0.29, 0.717) is 33.5 Å². The molecule has 0 aliphatic carbocycles. The fraction of sp³-hybridized carbons (Fsp3) is 0.111. The van der Waals surface area contributed by atoms with Crippen LogP contribution in [0.1, 0.15) is 10.4 Å². The van der Waals surface area contributed by atoms with E-state index in [1.54, 1.807) is 49.6 Å². The highest BCUT2D eigenvalue weighted by atomic mass is 35.5. The number of carbonyl (C=O) groups excluding carboxylic acids is 1. The molecule has 7 heteroatoms. The van der Waals surface area contributed by atoms with Gasteiger partial charge >= 0.3 is 0 Å². The number of amides is 1. The van der Waals surface area contributed by atoms with Crippen LogP contribution in [0.4, 0.5) is 5.69 Å². The molecule has 0 aliphatic heterocycles. The third-order valence-electron chi connectivity index (χ3n) is 3.58. The van der Waals surface area contributed by atoms with Crippen LogP contribution in [-0.2, 0) is 0 Å². The van der Waals surface area contributed by atoms with Gasteiger partial charge in [0.1, 0.15) is 17.1 Å². The second-order valence-corrected chi connectivity index (χ2v) is 5.51.